The van der Waals surface area contributed by atoms with Gasteiger partial charge in [-0.1, -0.05) is 39.7 Å². The average Bonchev–Trinajstić information content (AvgIpc) is 3.35. The summed E-state index contributed by atoms with van der Waals surface area (Å²) in [6.45, 7) is 8.92. The number of hydrogen-bond donors (Lipinski definition) is 2. The van der Waals surface area contributed by atoms with Crippen LogP contribution in [0.3, 0.4) is 0 Å². The minimum atomic E-state index is -3.85. The molecular weight excluding hydrogens is 490 g/mol. The Balaban J connectivity index is 1.60. The molecule has 2 fully saturated rings. The Labute approximate surface area is 222 Å². The van der Waals surface area contributed by atoms with Gasteiger partial charge in [0, 0.05) is 44.6 Å². The first kappa shape index (κ1) is 28.3. The highest BCUT2D eigenvalue weighted by molar-refractivity contribution is 7.89. The lowest BCUT2D eigenvalue weighted by atomic mass is 9.78. The second-order valence-electron chi connectivity index (χ2n) is 12.8. The van der Waals surface area contributed by atoms with E-state index in [1.165, 1.54) is 12.8 Å². The first-order valence-corrected chi connectivity index (χ1v) is 15.3. The molecular formula is C28H45N3O5S. The number of carbonyl (C=O) groups excluding carboxylic acids is 1. The average molecular weight is 536 g/mol. The fourth-order valence-corrected chi connectivity index (χ4v) is 7.29. The zero-order valence-electron chi connectivity index (χ0n) is 23.0. The van der Waals surface area contributed by atoms with E-state index in [-0.39, 0.29) is 28.2 Å². The number of β-amino-alcohol motifs (C(OH)–C–C–N with tert-alkyl or cyclic N) is 1. The summed E-state index contributed by atoms with van der Waals surface area (Å²) in [6, 6.07) is 5.50. The molecule has 9 heteroatoms. The Bertz CT molecular complexity index is 1050. The van der Waals surface area contributed by atoms with Crippen molar-refractivity contribution in [3.05, 3.63) is 23.8 Å². The topological polar surface area (TPSA) is 99.2 Å². The maximum absolute atomic E-state index is 13.2. The number of aliphatic hydroxyl groups excluding tert-OH is 1. The fourth-order valence-electron chi connectivity index (χ4n) is 6.09. The summed E-state index contributed by atoms with van der Waals surface area (Å²) in [6.07, 6.45) is 5.85. The van der Waals surface area contributed by atoms with Crippen LogP contribution in [-0.2, 0) is 14.8 Å². The Kier molecular flexibility index (Phi) is 8.58. The van der Waals surface area contributed by atoms with Gasteiger partial charge in [-0.2, -0.15) is 0 Å². The van der Waals surface area contributed by atoms with Gasteiger partial charge in [0.15, 0.2) is 0 Å². The Morgan fingerprint density at radius 2 is 1.86 bits per heavy atom. The van der Waals surface area contributed by atoms with Crippen LogP contribution >= 0.6 is 0 Å². The van der Waals surface area contributed by atoms with Crippen LogP contribution in [0.15, 0.2) is 23.1 Å². The van der Waals surface area contributed by atoms with E-state index in [0.717, 1.165) is 31.2 Å². The van der Waals surface area contributed by atoms with Crippen molar-refractivity contribution in [2.75, 3.05) is 46.4 Å². The second kappa shape index (κ2) is 11.2. The molecule has 1 aliphatic carbocycles. The number of carbonyl (C=O) groups is 1. The highest BCUT2D eigenvalue weighted by atomic mass is 32.2. The zero-order chi connectivity index (χ0) is 26.8. The zero-order valence-corrected chi connectivity index (χ0v) is 23.8. The number of benzene rings is 1. The molecule has 1 atom stereocenters. The normalized spacial score (nSPS) is 25.6. The molecule has 1 aromatic rings. The van der Waals surface area contributed by atoms with Crippen molar-refractivity contribution in [2.45, 2.75) is 82.6 Å². The van der Waals surface area contributed by atoms with Crippen molar-refractivity contribution in [2.24, 2.45) is 10.8 Å². The van der Waals surface area contributed by atoms with E-state index in [9.17, 15) is 18.3 Å². The number of aliphatic hydroxyl groups is 1. The maximum Gasteiger partial charge on any atom is 0.244 e. The van der Waals surface area contributed by atoms with Crippen LogP contribution in [0.4, 0.5) is 0 Å². The molecule has 2 aliphatic heterocycles. The van der Waals surface area contributed by atoms with Crippen molar-refractivity contribution < 1.29 is 23.1 Å². The van der Waals surface area contributed by atoms with Crippen molar-refractivity contribution in [3.63, 3.8) is 0 Å². The highest BCUT2D eigenvalue weighted by Crippen LogP contribution is 2.39. The van der Waals surface area contributed by atoms with Crippen LogP contribution in [0.5, 0.6) is 5.75 Å². The molecule has 2 heterocycles. The van der Waals surface area contributed by atoms with Gasteiger partial charge in [-0.3, -0.25) is 4.79 Å². The van der Waals surface area contributed by atoms with Crippen LogP contribution in [0.25, 0.3) is 0 Å². The van der Waals surface area contributed by atoms with Crippen LogP contribution in [-0.4, -0.2) is 81.7 Å². The number of sulfonamides is 1. The molecule has 4 rings (SSSR count). The molecule has 1 spiro atoms. The lowest BCUT2D eigenvalue weighted by Gasteiger charge is -2.44. The molecule has 37 heavy (non-hydrogen) atoms. The number of ether oxygens (including phenoxy) is 1. The van der Waals surface area contributed by atoms with Crippen molar-refractivity contribution in [1.82, 2.24) is 14.5 Å². The largest absolute Gasteiger partial charge is 0.492 e. The summed E-state index contributed by atoms with van der Waals surface area (Å²) in [5.41, 5.74) is 0.829. The predicted octanol–water partition coefficient (Wildman–Crippen LogP) is 3.35. The quantitative estimate of drug-likeness (QED) is 0.603. The van der Waals surface area contributed by atoms with E-state index in [1.807, 2.05) is 24.1 Å². The molecule has 3 aliphatic rings. The minimum absolute atomic E-state index is 0.0564. The number of nitrogens with zero attached hydrogens (tertiary/aromatic N) is 2. The minimum Gasteiger partial charge on any atom is -0.492 e. The molecule has 1 saturated heterocycles. The Morgan fingerprint density at radius 3 is 2.51 bits per heavy atom. The number of likely N-dealkylation sites (N-methyl/N-ethyl adjacent to an activating group) is 1. The number of piperidine rings is 1. The SMILES string of the molecule is CN1CC(O)CNS(=O)(=O)c2ccc(C3CCCC3)cc2OCC2(CCN(C(=O)CC(C)(C)C)CC2)C1. The molecule has 1 saturated carbocycles. The van der Waals surface area contributed by atoms with Crippen molar-refractivity contribution >= 4 is 15.9 Å². The van der Waals surface area contributed by atoms with Gasteiger partial charge in [-0.05, 0) is 61.8 Å². The van der Waals surface area contributed by atoms with E-state index in [2.05, 4.69) is 30.4 Å². The van der Waals surface area contributed by atoms with E-state index in [4.69, 9.17) is 4.74 Å². The number of hydrogen-bond acceptors (Lipinski definition) is 6. The van der Waals surface area contributed by atoms with Crippen LogP contribution in [0.1, 0.15) is 77.2 Å². The second-order valence-corrected chi connectivity index (χ2v) is 14.5. The predicted molar refractivity (Wildman–Crippen MR) is 144 cm³/mol. The smallest absolute Gasteiger partial charge is 0.244 e. The van der Waals surface area contributed by atoms with Gasteiger partial charge in [0.25, 0.3) is 0 Å². The summed E-state index contributed by atoms with van der Waals surface area (Å²) in [5, 5.41) is 10.6. The summed E-state index contributed by atoms with van der Waals surface area (Å²) < 4.78 is 35.4. The third-order valence-corrected chi connectivity index (χ3v) is 9.58. The van der Waals surface area contributed by atoms with E-state index >= 15 is 0 Å². The van der Waals surface area contributed by atoms with E-state index in [1.54, 1.807) is 6.07 Å². The molecule has 8 nitrogen and oxygen atoms in total. The van der Waals surface area contributed by atoms with Crippen LogP contribution in [0, 0.1) is 10.8 Å². The molecule has 2 N–H and O–H groups in total. The van der Waals surface area contributed by atoms with Gasteiger partial charge in [-0.25, -0.2) is 13.1 Å². The van der Waals surface area contributed by atoms with E-state index < -0.39 is 16.1 Å². The van der Waals surface area contributed by atoms with Gasteiger partial charge in [0.1, 0.15) is 10.6 Å². The van der Waals surface area contributed by atoms with Crippen LogP contribution in [0.2, 0.25) is 0 Å². The summed E-state index contributed by atoms with van der Waals surface area (Å²) in [4.78, 5) is 17.0. The van der Waals surface area contributed by atoms with Gasteiger partial charge in [-0.15, -0.1) is 0 Å². The number of amides is 1. The van der Waals surface area contributed by atoms with Gasteiger partial charge in [0.05, 0.1) is 12.7 Å². The molecule has 0 bridgehead atoms. The monoisotopic (exact) mass is 535 g/mol. The number of likely N-dealkylation sites (tertiary alicyclic amines) is 1. The molecule has 1 amide bonds. The molecule has 0 aromatic heterocycles. The first-order valence-electron chi connectivity index (χ1n) is 13.8. The summed E-state index contributed by atoms with van der Waals surface area (Å²) in [7, 11) is -1.89. The number of nitrogens with one attached hydrogen (secondary N) is 1. The lowest BCUT2D eigenvalue weighted by molar-refractivity contribution is -0.136. The van der Waals surface area contributed by atoms with Crippen molar-refractivity contribution in [3.8, 4) is 5.75 Å². The molecule has 208 valence electrons. The summed E-state index contributed by atoms with van der Waals surface area (Å²) in [5.74, 6) is 1.01. The maximum atomic E-state index is 13.2. The molecule has 0 radical (unpaired) electrons. The number of fused-ring (bicyclic) bond motifs is 1. The molecule has 1 unspecified atom stereocenters. The fraction of sp³-hybridized carbons (Fsp3) is 0.750. The first-order chi connectivity index (χ1) is 17.4. The summed E-state index contributed by atoms with van der Waals surface area (Å²) >= 11 is 0. The Hall–Kier alpha value is -1.68. The number of rotatable bonds is 2. The van der Waals surface area contributed by atoms with Gasteiger partial charge in [0.2, 0.25) is 15.9 Å². The Morgan fingerprint density at radius 1 is 1.19 bits per heavy atom. The third-order valence-electron chi connectivity index (χ3n) is 8.11. The standard InChI is InChI=1S/C28H45N3O5S/c1-27(2,3)16-26(33)31-13-11-28(12-14-31)19-30(4)18-23(32)17-29-37(34,35)25-10-9-22(15-24(25)36-20-28)21-7-5-6-8-21/h9-10,15,21,23,29,32H,5-8,11-14,16-20H2,1-4H3. The lowest BCUT2D eigenvalue weighted by Crippen LogP contribution is -2.51. The van der Waals surface area contributed by atoms with Crippen LogP contribution < -0.4 is 9.46 Å². The molecule has 1 aromatic carbocycles. The van der Waals surface area contributed by atoms with Gasteiger partial charge >= 0.3 is 0 Å². The third kappa shape index (κ3) is 7.25. The van der Waals surface area contributed by atoms with Crippen molar-refractivity contribution in [1.29, 1.82) is 0 Å². The highest BCUT2D eigenvalue weighted by Gasteiger charge is 2.39. The van der Waals surface area contributed by atoms with E-state index in [0.29, 0.717) is 50.9 Å². The van der Waals surface area contributed by atoms with Gasteiger partial charge < -0.3 is 19.6 Å².